The molecule has 0 saturated heterocycles. The summed E-state index contributed by atoms with van der Waals surface area (Å²) < 4.78 is 27.9. The molecule has 0 aliphatic heterocycles. The summed E-state index contributed by atoms with van der Waals surface area (Å²) in [7, 11) is -4.03. The fourth-order valence-corrected chi connectivity index (χ4v) is 4.97. The first-order valence-electron chi connectivity index (χ1n) is 11.2. The fraction of sp³-hybridized carbons (Fsp3) is 0.259. The second kappa shape index (κ2) is 10.6. The number of anilines is 1. The van der Waals surface area contributed by atoms with E-state index in [0.29, 0.717) is 10.7 Å². The summed E-state index contributed by atoms with van der Waals surface area (Å²) >= 11 is 6.11. The lowest BCUT2D eigenvalue weighted by Gasteiger charge is -2.24. The minimum Gasteiger partial charge on any atom is -0.271 e. The minimum absolute atomic E-state index is 0.0323. The van der Waals surface area contributed by atoms with Crippen molar-refractivity contribution in [1.29, 1.82) is 0 Å². The van der Waals surface area contributed by atoms with Crippen molar-refractivity contribution in [3.63, 3.8) is 0 Å². The normalized spacial score (nSPS) is 12.3. The predicted molar refractivity (Wildman–Crippen MR) is 143 cm³/mol. The van der Waals surface area contributed by atoms with E-state index in [1.54, 1.807) is 37.3 Å². The average Bonchev–Trinajstić information content (AvgIpc) is 2.80. The molecule has 1 N–H and O–H groups in total. The summed E-state index contributed by atoms with van der Waals surface area (Å²) in [6, 6.07) is 20.8. The van der Waals surface area contributed by atoms with Crippen LogP contribution < -0.4 is 9.73 Å². The van der Waals surface area contributed by atoms with Crippen LogP contribution in [0.3, 0.4) is 0 Å². The first kappa shape index (κ1) is 26.4. The number of carbonyl (C=O) groups is 1. The largest absolute Gasteiger partial charge is 0.271 e. The van der Waals surface area contributed by atoms with Gasteiger partial charge in [-0.05, 0) is 60.7 Å². The molecule has 0 aromatic heterocycles. The Kier molecular flexibility index (Phi) is 8.03. The molecule has 6 nitrogen and oxygen atoms in total. The zero-order valence-corrected chi connectivity index (χ0v) is 22.1. The number of carbonyl (C=O) groups excluding carboxylic acids is 1. The second-order valence-corrected chi connectivity index (χ2v) is 11.7. The van der Waals surface area contributed by atoms with Gasteiger partial charge in [0.25, 0.3) is 15.9 Å². The van der Waals surface area contributed by atoms with Gasteiger partial charge in [0.2, 0.25) is 0 Å². The summed E-state index contributed by atoms with van der Waals surface area (Å²) in [5.41, 5.74) is 6.38. The summed E-state index contributed by atoms with van der Waals surface area (Å²) in [4.78, 5) is 12.9. The van der Waals surface area contributed by atoms with Crippen LogP contribution in [-0.2, 0) is 20.2 Å². The molecule has 35 heavy (non-hydrogen) atoms. The van der Waals surface area contributed by atoms with E-state index in [0.717, 1.165) is 15.4 Å². The van der Waals surface area contributed by atoms with Crippen LogP contribution in [-0.4, -0.2) is 26.6 Å². The third-order valence-electron chi connectivity index (χ3n) is 5.51. The molecule has 184 valence electrons. The molecule has 0 saturated carbocycles. The van der Waals surface area contributed by atoms with E-state index in [1.165, 1.54) is 23.8 Å². The zero-order chi connectivity index (χ0) is 25.8. The van der Waals surface area contributed by atoms with E-state index in [1.807, 2.05) is 31.2 Å². The van der Waals surface area contributed by atoms with Gasteiger partial charge in [0.05, 0.1) is 16.3 Å². The van der Waals surface area contributed by atoms with Gasteiger partial charge in [0.15, 0.2) is 0 Å². The molecule has 0 aliphatic rings. The number of rotatable bonds is 7. The Morgan fingerprint density at radius 3 is 2.20 bits per heavy atom. The number of hydrogen-bond donors (Lipinski definition) is 1. The number of benzene rings is 3. The van der Waals surface area contributed by atoms with Crippen molar-refractivity contribution in [3.8, 4) is 0 Å². The highest BCUT2D eigenvalue weighted by atomic mass is 35.5. The van der Waals surface area contributed by atoms with E-state index in [-0.39, 0.29) is 16.0 Å². The van der Waals surface area contributed by atoms with Crippen LogP contribution in [0.2, 0.25) is 5.02 Å². The van der Waals surface area contributed by atoms with E-state index in [9.17, 15) is 13.2 Å². The average molecular weight is 512 g/mol. The number of hydrazone groups is 1. The van der Waals surface area contributed by atoms with E-state index in [2.05, 4.69) is 31.3 Å². The molecule has 3 aromatic rings. The maximum atomic E-state index is 13.4. The molecule has 0 unspecified atom stereocenters. The molecule has 0 heterocycles. The van der Waals surface area contributed by atoms with Gasteiger partial charge < -0.3 is 0 Å². The van der Waals surface area contributed by atoms with Crippen molar-refractivity contribution >= 4 is 38.9 Å². The number of amides is 1. The number of nitrogens with zero attached hydrogens (tertiary/aromatic N) is 2. The number of hydrogen-bond acceptors (Lipinski definition) is 4. The van der Waals surface area contributed by atoms with Gasteiger partial charge in [-0.25, -0.2) is 13.8 Å². The molecule has 3 aromatic carbocycles. The van der Waals surface area contributed by atoms with Gasteiger partial charge in [-0.15, -0.1) is 0 Å². The van der Waals surface area contributed by atoms with Crippen LogP contribution in [0.4, 0.5) is 5.69 Å². The lowest BCUT2D eigenvalue weighted by molar-refractivity contribution is -0.119. The van der Waals surface area contributed by atoms with E-state index < -0.39 is 22.5 Å². The first-order valence-corrected chi connectivity index (χ1v) is 13.0. The molecule has 0 aliphatic carbocycles. The number of sulfonamides is 1. The summed E-state index contributed by atoms with van der Waals surface area (Å²) in [6.45, 7) is 9.61. The van der Waals surface area contributed by atoms with Crippen LogP contribution >= 0.6 is 11.6 Å². The summed E-state index contributed by atoms with van der Waals surface area (Å²) in [5, 5.41) is 4.55. The van der Waals surface area contributed by atoms with Crippen molar-refractivity contribution in [3.05, 3.63) is 94.5 Å². The number of nitrogens with one attached hydrogen (secondary N) is 1. The van der Waals surface area contributed by atoms with Gasteiger partial charge in [-0.2, -0.15) is 5.10 Å². The highest BCUT2D eigenvalue weighted by Gasteiger charge is 2.27. The van der Waals surface area contributed by atoms with Crippen LogP contribution in [0.25, 0.3) is 0 Å². The molecular formula is C27H30ClN3O3S. The van der Waals surface area contributed by atoms with Gasteiger partial charge in [0.1, 0.15) is 6.54 Å². The highest BCUT2D eigenvalue weighted by Crippen LogP contribution is 2.26. The lowest BCUT2D eigenvalue weighted by atomic mass is 9.86. The van der Waals surface area contributed by atoms with Crippen LogP contribution in [0, 0.1) is 6.92 Å². The van der Waals surface area contributed by atoms with Crippen molar-refractivity contribution in [1.82, 2.24) is 5.43 Å². The Morgan fingerprint density at radius 2 is 1.63 bits per heavy atom. The Morgan fingerprint density at radius 1 is 1.00 bits per heavy atom. The van der Waals surface area contributed by atoms with Crippen LogP contribution in [0.15, 0.2) is 82.8 Å². The molecular weight excluding hydrogens is 482 g/mol. The number of halogens is 1. The SMILES string of the molecule is C/C(=N/NC(=O)CN(c1cccc(Cl)c1)S(=O)(=O)c1ccc(C)cc1)c1ccc(C(C)(C)C)cc1. The van der Waals surface area contributed by atoms with Crippen molar-refractivity contribution in [2.24, 2.45) is 5.10 Å². The van der Waals surface area contributed by atoms with Gasteiger partial charge >= 0.3 is 0 Å². The van der Waals surface area contributed by atoms with Crippen molar-refractivity contribution < 1.29 is 13.2 Å². The molecule has 0 atom stereocenters. The highest BCUT2D eigenvalue weighted by molar-refractivity contribution is 7.92. The quantitative estimate of drug-likeness (QED) is 0.327. The first-order chi connectivity index (χ1) is 16.4. The van der Waals surface area contributed by atoms with E-state index >= 15 is 0 Å². The fourth-order valence-electron chi connectivity index (χ4n) is 3.37. The minimum atomic E-state index is -4.03. The third-order valence-corrected chi connectivity index (χ3v) is 7.53. The maximum Gasteiger partial charge on any atom is 0.264 e. The molecule has 0 spiro atoms. The van der Waals surface area contributed by atoms with Crippen molar-refractivity contribution in [2.75, 3.05) is 10.8 Å². The Labute approximate surface area is 212 Å². The maximum absolute atomic E-state index is 13.4. The number of aryl methyl sites for hydroxylation is 1. The van der Waals surface area contributed by atoms with Gasteiger partial charge in [-0.3, -0.25) is 9.10 Å². The van der Waals surface area contributed by atoms with E-state index in [4.69, 9.17) is 11.6 Å². The topological polar surface area (TPSA) is 78.8 Å². The molecule has 0 fully saturated rings. The van der Waals surface area contributed by atoms with Gasteiger partial charge in [-0.1, -0.05) is 80.4 Å². The second-order valence-electron chi connectivity index (χ2n) is 9.36. The Bertz CT molecular complexity index is 1330. The Balaban J connectivity index is 1.83. The molecule has 8 heteroatoms. The smallest absolute Gasteiger partial charge is 0.264 e. The standard InChI is InChI=1S/C27H30ClN3O3S/c1-19-9-15-25(16-10-19)35(33,34)31(24-8-6-7-23(28)17-24)18-26(32)30-29-20(2)21-11-13-22(14-12-21)27(3,4)5/h6-17H,18H2,1-5H3,(H,30,32)/b29-20-. The molecule has 0 bridgehead atoms. The van der Waals surface area contributed by atoms with Crippen LogP contribution in [0.5, 0.6) is 0 Å². The molecule has 0 radical (unpaired) electrons. The molecule has 1 amide bonds. The zero-order valence-electron chi connectivity index (χ0n) is 20.5. The monoisotopic (exact) mass is 511 g/mol. The molecule has 3 rings (SSSR count). The third kappa shape index (κ3) is 6.71. The predicted octanol–water partition coefficient (Wildman–Crippen LogP) is 5.68. The lowest BCUT2D eigenvalue weighted by Crippen LogP contribution is -2.39. The summed E-state index contributed by atoms with van der Waals surface area (Å²) in [5.74, 6) is -0.577. The van der Waals surface area contributed by atoms with Crippen LogP contribution in [0.1, 0.15) is 44.4 Å². The van der Waals surface area contributed by atoms with Crippen molar-refractivity contribution in [2.45, 2.75) is 44.9 Å². The Hall–Kier alpha value is -3.16. The van der Waals surface area contributed by atoms with Gasteiger partial charge in [0, 0.05) is 5.02 Å². The summed E-state index contributed by atoms with van der Waals surface area (Å²) in [6.07, 6.45) is 0.